The average Bonchev–Trinajstić information content (AvgIpc) is 3.00. The topological polar surface area (TPSA) is 94.1 Å². The second-order valence-electron chi connectivity index (χ2n) is 7.17. The van der Waals surface area contributed by atoms with Crippen molar-refractivity contribution >= 4 is 17.4 Å². The summed E-state index contributed by atoms with van der Waals surface area (Å²) in [7, 11) is 3.01. The van der Waals surface area contributed by atoms with Crippen LogP contribution in [-0.4, -0.2) is 37.7 Å². The van der Waals surface area contributed by atoms with E-state index < -0.39 is 23.8 Å². The molecule has 0 aromatic heterocycles. The van der Waals surface area contributed by atoms with Crippen molar-refractivity contribution in [3.8, 4) is 17.2 Å². The summed E-state index contributed by atoms with van der Waals surface area (Å²) in [5.41, 5.74) is 2.37. The van der Waals surface area contributed by atoms with Crippen LogP contribution >= 0.6 is 0 Å². The van der Waals surface area contributed by atoms with E-state index in [1.54, 1.807) is 18.2 Å². The lowest BCUT2D eigenvalue weighted by Gasteiger charge is -2.34. The molecule has 0 unspecified atom stereocenters. The summed E-state index contributed by atoms with van der Waals surface area (Å²) in [4.78, 5) is 25.7. The Kier molecular flexibility index (Phi) is 4.82. The van der Waals surface area contributed by atoms with E-state index in [4.69, 9.17) is 14.2 Å². The minimum absolute atomic E-state index is 0.258. The van der Waals surface area contributed by atoms with Gasteiger partial charge in [0, 0.05) is 5.69 Å². The van der Waals surface area contributed by atoms with Crippen molar-refractivity contribution in [2.45, 2.75) is 25.3 Å². The van der Waals surface area contributed by atoms with Crippen LogP contribution in [0.3, 0.4) is 0 Å². The van der Waals surface area contributed by atoms with Crippen LogP contribution in [0.1, 0.15) is 46.8 Å². The number of carbonyl (C=O) groups is 2. The monoisotopic (exact) mass is 397 g/mol. The maximum atomic E-state index is 13.5. The predicted octanol–water partition coefficient (Wildman–Crippen LogP) is 3.64. The van der Waals surface area contributed by atoms with Crippen molar-refractivity contribution < 1.29 is 28.9 Å². The van der Waals surface area contributed by atoms with Gasteiger partial charge in [0.15, 0.2) is 17.3 Å². The molecule has 152 valence electrons. The summed E-state index contributed by atoms with van der Waals surface area (Å²) in [5.74, 6) is -1.91. The van der Waals surface area contributed by atoms with Gasteiger partial charge in [0.1, 0.15) is 0 Å². The number of carboxylic acid groups (broad SMARTS) is 1. The van der Waals surface area contributed by atoms with Crippen LogP contribution in [0, 0.1) is 5.92 Å². The molecule has 0 radical (unpaired) electrons. The summed E-state index contributed by atoms with van der Waals surface area (Å²) in [5, 5.41) is 13.3. The molecule has 1 aliphatic heterocycles. The Hall–Kier alpha value is -3.22. The lowest BCUT2D eigenvalue weighted by Crippen LogP contribution is -2.35. The first-order valence-corrected chi connectivity index (χ1v) is 9.57. The van der Waals surface area contributed by atoms with Crippen molar-refractivity contribution in [3.63, 3.8) is 0 Å². The van der Waals surface area contributed by atoms with Gasteiger partial charge < -0.3 is 24.6 Å². The van der Waals surface area contributed by atoms with Crippen molar-refractivity contribution in [1.29, 1.82) is 0 Å². The molecular formula is C22H23NO6. The number of anilines is 1. The fourth-order valence-corrected chi connectivity index (χ4v) is 4.39. The Balaban J connectivity index is 1.94. The number of hydrogen-bond donors (Lipinski definition) is 2. The number of aliphatic carboxylic acids is 1. The van der Waals surface area contributed by atoms with E-state index in [2.05, 4.69) is 5.32 Å². The molecule has 4 rings (SSSR count). The summed E-state index contributed by atoms with van der Waals surface area (Å²) >= 11 is 0. The first-order chi connectivity index (χ1) is 14.0. The molecule has 1 aliphatic carbocycles. The molecule has 7 heteroatoms. The number of rotatable bonds is 6. The normalized spacial score (nSPS) is 21.5. The van der Waals surface area contributed by atoms with Gasteiger partial charge in [-0.05, 0) is 29.7 Å². The molecule has 1 heterocycles. The molecule has 0 saturated heterocycles. The van der Waals surface area contributed by atoms with Gasteiger partial charge in [0.05, 0.1) is 44.3 Å². The highest BCUT2D eigenvalue weighted by Gasteiger charge is 2.52. The Labute approximate surface area is 168 Å². The third kappa shape index (κ3) is 2.80. The average molecular weight is 397 g/mol. The number of methoxy groups -OCH3 is 2. The molecule has 0 spiro atoms. The molecule has 0 fully saturated rings. The first-order valence-electron chi connectivity index (χ1n) is 9.57. The van der Waals surface area contributed by atoms with E-state index >= 15 is 0 Å². The number of Topliss-reactive ketones (excluding diaryl/α,β-unsaturated/α-hetero) is 1. The number of fused-ring (bicyclic) bond motifs is 4. The van der Waals surface area contributed by atoms with Crippen LogP contribution in [0.5, 0.6) is 17.2 Å². The molecule has 2 N–H and O–H groups in total. The Morgan fingerprint density at radius 2 is 1.90 bits per heavy atom. The molecule has 0 saturated carbocycles. The zero-order chi connectivity index (χ0) is 20.7. The molecule has 2 aliphatic rings. The molecule has 2 aromatic rings. The van der Waals surface area contributed by atoms with Gasteiger partial charge in [-0.15, -0.1) is 0 Å². The third-order valence-corrected chi connectivity index (χ3v) is 5.58. The van der Waals surface area contributed by atoms with Gasteiger partial charge in [-0.3, -0.25) is 9.59 Å². The number of carboxylic acids is 1. The lowest BCUT2D eigenvalue weighted by atomic mass is 9.77. The number of nitrogens with one attached hydrogen (secondary N) is 1. The Bertz CT molecular complexity index is 986. The maximum absolute atomic E-state index is 13.5. The zero-order valence-electron chi connectivity index (χ0n) is 16.5. The summed E-state index contributed by atoms with van der Waals surface area (Å²) in [6.45, 7) is 2.36. The highest BCUT2D eigenvalue weighted by atomic mass is 16.5. The van der Waals surface area contributed by atoms with Crippen molar-refractivity contribution in [2.75, 3.05) is 26.1 Å². The number of ketones is 1. The van der Waals surface area contributed by atoms with Gasteiger partial charge in [-0.25, -0.2) is 0 Å². The molecule has 3 atom stereocenters. The second-order valence-corrected chi connectivity index (χ2v) is 7.17. The summed E-state index contributed by atoms with van der Waals surface area (Å²) in [6.07, 6.45) is 0.748. The summed E-state index contributed by atoms with van der Waals surface area (Å²) in [6, 6.07) is 8.47. The first kappa shape index (κ1) is 19.1. The van der Waals surface area contributed by atoms with Gasteiger partial charge in [-0.2, -0.15) is 0 Å². The second kappa shape index (κ2) is 7.31. The SMILES string of the molecule is CCCOc1c(OC)c(OC)cc2c1C(=O)[C@@H]1[C@H]2Nc2ccccc2[C@@H]1C(=O)O. The Morgan fingerprint density at radius 3 is 2.55 bits per heavy atom. The van der Waals surface area contributed by atoms with Crippen LogP contribution in [0.15, 0.2) is 30.3 Å². The van der Waals surface area contributed by atoms with Crippen LogP contribution in [0.25, 0.3) is 0 Å². The van der Waals surface area contributed by atoms with E-state index in [1.807, 2.05) is 19.1 Å². The molecule has 7 nitrogen and oxygen atoms in total. The number of para-hydroxylation sites is 1. The lowest BCUT2D eigenvalue weighted by molar-refractivity contribution is -0.140. The highest BCUT2D eigenvalue weighted by molar-refractivity contribution is 6.10. The number of carbonyl (C=O) groups excluding carboxylic acids is 1. The van der Waals surface area contributed by atoms with E-state index in [1.165, 1.54) is 14.2 Å². The van der Waals surface area contributed by atoms with Crippen LogP contribution in [0.4, 0.5) is 5.69 Å². The van der Waals surface area contributed by atoms with Gasteiger partial charge in [0.2, 0.25) is 5.75 Å². The van der Waals surface area contributed by atoms with Crippen molar-refractivity contribution in [3.05, 3.63) is 47.0 Å². The molecule has 29 heavy (non-hydrogen) atoms. The van der Waals surface area contributed by atoms with Gasteiger partial charge >= 0.3 is 5.97 Å². The maximum Gasteiger partial charge on any atom is 0.311 e. The highest BCUT2D eigenvalue weighted by Crippen LogP contribution is 2.56. The fraction of sp³-hybridized carbons (Fsp3) is 0.364. The van der Waals surface area contributed by atoms with Crippen molar-refractivity contribution in [1.82, 2.24) is 0 Å². The van der Waals surface area contributed by atoms with E-state index in [-0.39, 0.29) is 5.78 Å². The predicted molar refractivity (Wildman–Crippen MR) is 106 cm³/mol. The number of benzene rings is 2. The van der Waals surface area contributed by atoms with E-state index in [0.717, 1.165) is 6.42 Å². The minimum Gasteiger partial charge on any atom is -0.493 e. The van der Waals surface area contributed by atoms with Crippen LogP contribution in [0.2, 0.25) is 0 Å². The number of ether oxygens (including phenoxy) is 3. The zero-order valence-corrected chi connectivity index (χ0v) is 16.5. The number of hydrogen-bond acceptors (Lipinski definition) is 6. The Morgan fingerprint density at radius 1 is 1.14 bits per heavy atom. The van der Waals surface area contributed by atoms with Gasteiger partial charge in [0.25, 0.3) is 0 Å². The van der Waals surface area contributed by atoms with E-state index in [0.29, 0.717) is 46.2 Å². The standard InChI is InChI=1S/C22H23NO6/c1-4-9-29-21-16-12(10-14(27-2)20(21)28-3)18-17(19(16)24)15(22(25)26)11-7-5-6-8-13(11)23-18/h5-8,10,15,17-18,23H,4,9H2,1-3H3,(H,25,26)/t15-,17-,18-/m0/s1. The van der Waals surface area contributed by atoms with Crippen LogP contribution < -0.4 is 19.5 Å². The fourth-order valence-electron chi connectivity index (χ4n) is 4.39. The molecular weight excluding hydrogens is 374 g/mol. The molecule has 0 bridgehead atoms. The molecule has 2 aromatic carbocycles. The molecule has 0 amide bonds. The van der Waals surface area contributed by atoms with Crippen LogP contribution in [-0.2, 0) is 4.79 Å². The quantitative estimate of drug-likeness (QED) is 0.768. The largest absolute Gasteiger partial charge is 0.493 e. The smallest absolute Gasteiger partial charge is 0.311 e. The minimum atomic E-state index is -1.02. The summed E-state index contributed by atoms with van der Waals surface area (Å²) < 4.78 is 16.9. The van der Waals surface area contributed by atoms with Gasteiger partial charge in [-0.1, -0.05) is 25.1 Å². The van der Waals surface area contributed by atoms with E-state index in [9.17, 15) is 14.7 Å². The third-order valence-electron chi connectivity index (χ3n) is 5.58. The van der Waals surface area contributed by atoms with Crippen molar-refractivity contribution in [2.24, 2.45) is 5.92 Å².